The van der Waals surface area contributed by atoms with Crippen molar-refractivity contribution in [2.24, 2.45) is 11.7 Å². The molecule has 0 spiro atoms. The minimum absolute atomic E-state index is 0.0635. The van der Waals surface area contributed by atoms with Gasteiger partial charge in [0, 0.05) is 31.3 Å². The molecule has 1 fully saturated rings. The third-order valence-electron chi connectivity index (χ3n) is 6.18. The van der Waals surface area contributed by atoms with Crippen LogP contribution in [0.3, 0.4) is 0 Å². The second-order valence-electron chi connectivity index (χ2n) is 8.34. The average Bonchev–Trinajstić information content (AvgIpc) is 2.69. The monoisotopic (exact) mass is 518 g/mol. The zero-order chi connectivity index (χ0) is 24.3. The van der Waals surface area contributed by atoms with Gasteiger partial charge in [-0.3, -0.25) is 9.57 Å². The predicted molar refractivity (Wildman–Crippen MR) is 118 cm³/mol. The predicted octanol–water partition coefficient (Wildman–Crippen LogP) is 4.80. The molecule has 0 aromatic heterocycles. The number of nitrogens with one attached hydrogen (secondary N) is 1. The first kappa shape index (κ1) is 27.2. The Labute approximate surface area is 195 Å². The molecular formula is C20H27Cl2F3N2O4S. The molecule has 0 aliphatic heterocycles. The number of alkyl halides is 3. The Morgan fingerprint density at radius 3 is 2.31 bits per heavy atom. The van der Waals surface area contributed by atoms with Crippen LogP contribution < -0.4 is 5.73 Å². The maximum atomic E-state index is 13.9. The van der Waals surface area contributed by atoms with Crippen molar-refractivity contribution in [2.45, 2.75) is 62.3 Å². The van der Waals surface area contributed by atoms with Crippen LogP contribution in [0.2, 0.25) is 10.0 Å². The number of carboxylic acids is 1. The largest absolute Gasteiger partial charge is 0.480 e. The van der Waals surface area contributed by atoms with Crippen molar-refractivity contribution in [3.05, 3.63) is 33.8 Å². The van der Waals surface area contributed by atoms with Crippen molar-refractivity contribution in [3.63, 3.8) is 0 Å². The zero-order valence-corrected chi connectivity index (χ0v) is 19.5. The van der Waals surface area contributed by atoms with Gasteiger partial charge in [0.2, 0.25) is 0 Å². The van der Waals surface area contributed by atoms with Gasteiger partial charge in [0.1, 0.15) is 6.04 Å². The molecule has 2 unspecified atom stereocenters. The summed E-state index contributed by atoms with van der Waals surface area (Å²) < 4.78 is 61.8. The van der Waals surface area contributed by atoms with E-state index in [1.165, 1.54) is 0 Å². The van der Waals surface area contributed by atoms with Crippen LogP contribution in [-0.2, 0) is 14.5 Å². The normalized spacial score (nSPS) is 24.3. The number of rotatable bonds is 9. The highest BCUT2D eigenvalue weighted by Gasteiger charge is 2.58. The van der Waals surface area contributed by atoms with E-state index in [4.69, 9.17) is 38.8 Å². The number of hydrogen-bond donors (Lipinski definition) is 4. The molecule has 1 aliphatic rings. The number of hydrogen-bond acceptors (Lipinski definition) is 5. The number of benzene rings is 1. The lowest BCUT2D eigenvalue weighted by molar-refractivity contribution is -0.283. The molecule has 0 radical (unpaired) electrons. The first-order chi connectivity index (χ1) is 14.7. The third kappa shape index (κ3) is 6.72. The Bertz CT molecular complexity index is 922. The van der Waals surface area contributed by atoms with Crippen LogP contribution in [0.1, 0.15) is 50.0 Å². The molecule has 1 aliphatic carbocycles. The van der Waals surface area contributed by atoms with E-state index in [1.807, 2.05) is 0 Å². The van der Waals surface area contributed by atoms with Gasteiger partial charge in [-0.15, -0.1) is 0 Å². The van der Waals surface area contributed by atoms with Crippen molar-refractivity contribution < 1.29 is 32.4 Å². The maximum Gasteiger partial charge on any atom is 0.417 e. The van der Waals surface area contributed by atoms with Gasteiger partial charge in [-0.05, 0) is 68.1 Å². The smallest absolute Gasteiger partial charge is 0.417 e. The molecule has 1 aromatic carbocycles. The highest BCUT2D eigenvalue weighted by atomic mass is 35.5. The van der Waals surface area contributed by atoms with Gasteiger partial charge in [-0.2, -0.15) is 13.2 Å². The third-order valence-corrected chi connectivity index (χ3v) is 8.51. The number of aliphatic hydroxyl groups is 1. The Hall–Kier alpha value is -1.07. The fraction of sp³-hybridized carbons (Fsp3) is 0.650. The van der Waals surface area contributed by atoms with Gasteiger partial charge < -0.3 is 15.9 Å². The van der Waals surface area contributed by atoms with E-state index in [9.17, 15) is 27.3 Å². The van der Waals surface area contributed by atoms with E-state index >= 15 is 0 Å². The molecule has 0 heterocycles. The van der Waals surface area contributed by atoms with Crippen LogP contribution in [0, 0.1) is 10.7 Å². The molecule has 1 aromatic rings. The molecular weight excluding hydrogens is 492 g/mol. The van der Waals surface area contributed by atoms with E-state index in [2.05, 4.69) is 0 Å². The molecule has 182 valence electrons. The van der Waals surface area contributed by atoms with Crippen LogP contribution in [-0.4, -0.2) is 49.7 Å². The van der Waals surface area contributed by atoms with Crippen molar-refractivity contribution in [1.29, 1.82) is 4.78 Å². The van der Waals surface area contributed by atoms with Crippen LogP contribution in [0.4, 0.5) is 13.2 Å². The van der Waals surface area contributed by atoms with Crippen LogP contribution in [0.25, 0.3) is 0 Å². The van der Waals surface area contributed by atoms with Gasteiger partial charge in [-0.1, -0.05) is 29.3 Å². The fourth-order valence-corrected chi connectivity index (χ4v) is 6.20. The highest BCUT2D eigenvalue weighted by molar-refractivity contribution is 7.92. The lowest BCUT2D eigenvalue weighted by atomic mass is 9.70. The lowest BCUT2D eigenvalue weighted by Crippen LogP contribution is -2.53. The van der Waals surface area contributed by atoms with E-state index in [0.29, 0.717) is 22.9 Å². The Morgan fingerprint density at radius 2 is 1.81 bits per heavy atom. The zero-order valence-electron chi connectivity index (χ0n) is 17.2. The van der Waals surface area contributed by atoms with Gasteiger partial charge in [0.05, 0.1) is 0 Å². The summed E-state index contributed by atoms with van der Waals surface area (Å²) in [7, 11) is -3.54. The van der Waals surface area contributed by atoms with E-state index in [0.717, 1.165) is 5.56 Å². The molecule has 5 N–H and O–H groups in total. The van der Waals surface area contributed by atoms with Crippen molar-refractivity contribution in [2.75, 3.05) is 11.5 Å². The summed E-state index contributed by atoms with van der Waals surface area (Å²) in [6, 6.07) is 3.65. The van der Waals surface area contributed by atoms with E-state index in [-0.39, 0.29) is 25.2 Å². The molecule has 0 amide bonds. The molecule has 2 rings (SSSR count). The lowest BCUT2D eigenvalue weighted by Gasteiger charge is -2.41. The fourth-order valence-electron chi connectivity index (χ4n) is 4.16. The molecule has 0 bridgehead atoms. The van der Waals surface area contributed by atoms with Crippen molar-refractivity contribution >= 4 is 38.9 Å². The summed E-state index contributed by atoms with van der Waals surface area (Å²) in [5, 5.41) is 20.3. The topological polar surface area (TPSA) is 124 Å². The van der Waals surface area contributed by atoms with Crippen molar-refractivity contribution in [3.8, 4) is 0 Å². The summed E-state index contributed by atoms with van der Waals surface area (Å²) >= 11 is 12.1. The SMILES string of the molecule is N=S(=O)(CC[C@H](N)C(=O)O)CCC(O)(C1CCC(c2ccc(Cl)cc2Cl)CC1)C(F)(F)F. The van der Waals surface area contributed by atoms with Crippen molar-refractivity contribution in [1.82, 2.24) is 0 Å². The first-order valence-corrected chi connectivity index (χ1v) is 12.8. The number of carbonyl (C=O) groups is 1. The number of aliphatic carboxylic acids is 1. The quantitative estimate of drug-likeness (QED) is 0.373. The first-order valence-electron chi connectivity index (χ1n) is 10.1. The average molecular weight is 519 g/mol. The van der Waals surface area contributed by atoms with E-state index in [1.54, 1.807) is 18.2 Å². The van der Waals surface area contributed by atoms with Gasteiger partial charge in [0.15, 0.2) is 5.60 Å². The molecule has 32 heavy (non-hydrogen) atoms. The summed E-state index contributed by atoms with van der Waals surface area (Å²) in [5.41, 5.74) is 3.03. The highest BCUT2D eigenvalue weighted by Crippen LogP contribution is 2.48. The Balaban J connectivity index is 2.07. The molecule has 12 heteroatoms. The van der Waals surface area contributed by atoms with Crippen LogP contribution >= 0.6 is 23.2 Å². The van der Waals surface area contributed by atoms with E-state index < -0.39 is 57.4 Å². The number of carboxylic acid groups (broad SMARTS) is 1. The summed E-state index contributed by atoms with van der Waals surface area (Å²) in [6.07, 6.45) is -5.21. The second kappa shape index (κ2) is 10.5. The van der Waals surface area contributed by atoms with Crippen LogP contribution in [0.5, 0.6) is 0 Å². The number of halogens is 5. The summed E-state index contributed by atoms with van der Waals surface area (Å²) in [6.45, 7) is 0. The molecule has 3 atom stereocenters. The molecule has 6 nitrogen and oxygen atoms in total. The minimum atomic E-state index is -4.96. The summed E-state index contributed by atoms with van der Waals surface area (Å²) in [5.74, 6) is -3.66. The maximum absolute atomic E-state index is 13.9. The van der Waals surface area contributed by atoms with Crippen LogP contribution in [0.15, 0.2) is 18.2 Å². The standard InChI is InChI=1S/C20H27Cl2F3N2O4S/c21-14-5-6-15(16(22)11-14)12-1-3-13(4-2-12)19(30,20(23,24)25)8-10-32(27,31)9-7-17(26)18(28)29/h5-6,11-13,17,27,30H,1-4,7-10,26H2,(H,28,29)/t12?,13?,17-,19?,32?/m0/s1. The van der Waals surface area contributed by atoms with Gasteiger partial charge >= 0.3 is 12.1 Å². The summed E-state index contributed by atoms with van der Waals surface area (Å²) in [4.78, 5) is 10.8. The minimum Gasteiger partial charge on any atom is -0.480 e. The molecule has 0 saturated heterocycles. The Morgan fingerprint density at radius 1 is 1.22 bits per heavy atom. The Kier molecular flexibility index (Phi) is 8.89. The van der Waals surface area contributed by atoms with Gasteiger partial charge in [-0.25, -0.2) is 4.21 Å². The molecule has 1 saturated carbocycles. The van der Waals surface area contributed by atoms with Gasteiger partial charge in [0.25, 0.3) is 0 Å². The second-order valence-corrected chi connectivity index (χ2v) is 11.6. The number of nitrogens with two attached hydrogens (primary N) is 1.